The fourth-order valence-electron chi connectivity index (χ4n) is 2.47. The molecule has 1 fully saturated rings. The Morgan fingerprint density at radius 2 is 2.00 bits per heavy atom. The molecule has 1 aromatic carbocycles. The van der Waals surface area contributed by atoms with Crippen LogP contribution in [0.4, 0.5) is 11.4 Å². The number of nitro groups is 1. The molecule has 0 aliphatic carbocycles. The topological polar surface area (TPSA) is 84.7 Å². The summed E-state index contributed by atoms with van der Waals surface area (Å²) in [6.07, 6.45) is 0.885. The maximum Gasteiger partial charge on any atom is 0.325 e. The first kappa shape index (κ1) is 17.2. The lowest BCUT2D eigenvalue weighted by atomic mass is 10.2. The van der Waals surface area contributed by atoms with E-state index in [1.807, 2.05) is 20.8 Å². The Balaban J connectivity index is 2.09. The highest BCUT2D eigenvalue weighted by atomic mass is 16.6. The third-order valence-corrected chi connectivity index (χ3v) is 3.52. The van der Waals surface area contributed by atoms with E-state index in [4.69, 9.17) is 4.74 Å². The minimum atomic E-state index is -0.525. The van der Waals surface area contributed by atoms with Crippen molar-refractivity contribution in [2.75, 3.05) is 24.5 Å². The zero-order chi connectivity index (χ0) is 17.0. The van der Waals surface area contributed by atoms with Gasteiger partial charge in [0.2, 0.25) is 0 Å². The standard InChI is InChI=1S/C16H23N3O4/c1-16(2,3)23-15(20)14-11-18(10-4-9-17-14)12-5-7-13(8-6-12)19(21)22/h5-8,14,17H,4,9-11H2,1-3H3. The number of hydrogen-bond acceptors (Lipinski definition) is 6. The molecule has 23 heavy (non-hydrogen) atoms. The summed E-state index contributed by atoms with van der Waals surface area (Å²) < 4.78 is 5.45. The summed E-state index contributed by atoms with van der Waals surface area (Å²) >= 11 is 0. The number of carbonyl (C=O) groups is 1. The molecule has 0 saturated carbocycles. The lowest BCUT2D eigenvalue weighted by Crippen LogP contribution is -2.46. The van der Waals surface area contributed by atoms with Crippen molar-refractivity contribution < 1.29 is 14.5 Å². The van der Waals surface area contributed by atoms with Crippen molar-refractivity contribution in [3.05, 3.63) is 34.4 Å². The van der Waals surface area contributed by atoms with Gasteiger partial charge in [-0.2, -0.15) is 0 Å². The van der Waals surface area contributed by atoms with Crippen LogP contribution in [0.25, 0.3) is 0 Å². The number of nitrogens with zero attached hydrogens (tertiary/aromatic N) is 2. The van der Waals surface area contributed by atoms with E-state index in [0.29, 0.717) is 6.54 Å². The van der Waals surface area contributed by atoms with E-state index in [2.05, 4.69) is 10.2 Å². The summed E-state index contributed by atoms with van der Waals surface area (Å²) in [5.41, 5.74) is 0.404. The van der Waals surface area contributed by atoms with Gasteiger partial charge in [0, 0.05) is 30.9 Å². The van der Waals surface area contributed by atoms with Gasteiger partial charge in [-0.1, -0.05) is 0 Å². The second-order valence-corrected chi connectivity index (χ2v) is 6.61. The largest absolute Gasteiger partial charge is 0.459 e. The van der Waals surface area contributed by atoms with E-state index in [1.165, 1.54) is 12.1 Å². The highest BCUT2D eigenvalue weighted by molar-refractivity contribution is 5.77. The first-order valence-electron chi connectivity index (χ1n) is 7.72. The Morgan fingerprint density at radius 1 is 1.35 bits per heavy atom. The van der Waals surface area contributed by atoms with E-state index in [0.717, 1.165) is 25.2 Å². The smallest absolute Gasteiger partial charge is 0.325 e. The summed E-state index contributed by atoms with van der Waals surface area (Å²) in [5.74, 6) is -0.272. The number of non-ortho nitro benzene ring substituents is 1. The first-order chi connectivity index (χ1) is 10.8. The Morgan fingerprint density at radius 3 is 2.57 bits per heavy atom. The molecular formula is C16H23N3O4. The maximum absolute atomic E-state index is 12.3. The van der Waals surface area contributed by atoms with Crippen molar-refractivity contribution in [1.29, 1.82) is 0 Å². The monoisotopic (exact) mass is 321 g/mol. The summed E-state index contributed by atoms with van der Waals surface area (Å²) in [6, 6.07) is 5.99. The van der Waals surface area contributed by atoms with Gasteiger partial charge in [-0.25, -0.2) is 0 Å². The molecule has 1 saturated heterocycles. The second-order valence-electron chi connectivity index (χ2n) is 6.61. The zero-order valence-corrected chi connectivity index (χ0v) is 13.7. The van der Waals surface area contributed by atoms with Crippen LogP contribution in [-0.4, -0.2) is 42.2 Å². The molecule has 1 heterocycles. The van der Waals surface area contributed by atoms with Crippen LogP contribution in [0.5, 0.6) is 0 Å². The number of nitro benzene ring substituents is 1. The van der Waals surface area contributed by atoms with Crippen molar-refractivity contribution in [3.63, 3.8) is 0 Å². The number of benzene rings is 1. The summed E-state index contributed by atoms with van der Waals surface area (Å²) in [5, 5.41) is 13.9. The lowest BCUT2D eigenvalue weighted by molar-refractivity contribution is -0.384. The predicted molar refractivity (Wildman–Crippen MR) is 87.6 cm³/mol. The molecule has 1 aromatic rings. The van der Waals surface area contributed by atoms with E-state index >= 15 is 0 Å². The van der Waals surface area contributed by atoms with Crippen LogP contribution in [0.3, 0.4) is 0 Å². The molecule has 1 unspecified atom stereocenters. The molecule has 1 N–H and O–H groups in total. The summed E-state index contributed by atoms with van der Waals surface area (Å²) in [4.78, 5) is 24.7. The highest BCUT2D eigenvalue weighted by Gasteiger charge is 2.28. The van der Waals surface area contributed by atoms with Crippen LogP contribution in [0, 0.1) is 10.1 Å². The molecule has 0 bridgehead atoms. The van der Waals surface area contributed by atoms with Gasteiger partial charge < -0.3 is 15.0 Å². The average Bonchev–Trinajstić information content (AvgIpc) is 2.71. The van der Waals surface area contributed by atoms with Gasteiger partial charge in [-0.3, -0.25) is 14.9 Å². The number of nitrogens with one attached hydrogen (secondary N) is 1. The zero-order valence-electron chi connectivity index (χ0n) is 13.7. The van der Waals surface area contributed by atoms with E-state index in [-0.39, 0.29) is 11.7 Å². The Labute approximate surface area is 135 Å². The van der Waals surface area contributed by atoms with Gasteiger partial charge in [0.25, 0.3) is 5.69 Å². The van der Waals surface area contributed by atoms with Crippen LogP contribution in [0.1, 0.15) is 27.2 Å². The highest BCUT2D eigenvalue weighted by Crippen LogP contribution is 2.21. The molecule has 0 radical (unpaired) electrons. The Kier molecular flexibility index (Phi) is 5.20. The minimum Gasteiger partial charge on any atom is -0.459 e. The molecule has 0 aromatic heterocycles. The van der Waals surface area contributed by atoms with Gasteiger partial charge in [0.15, 0.2) is 0 Å². The maximum atomic E-state index is 12.3. The van der Waals surface area contributed by atoms with Crippen LogP contribution in [0.15, 0.2) is 24.3 Å². The third-order valence-electron chi connectivity index (χ3n) is 3.52. The van der Waals surface area contributed by atoms with Gasteiger partial charge in [-0.15, -0.1) is 0 Å². The molecule has 2 rings (SSSR count). The van der Waals surface area contributed by atoms with Gasteiger partial charge in [0.05, 0.1) is 4.92 Å². The van der Waals surface area contributed by atoms with E-state index in [9.17, 15) is 14.9 Å². The molecule has 7 heteroatoms. The average molecular weight is 321 g/mol. The van der Waals surface area contributed by atoms with Crippen molar-refractivity contribution in [1.82, 2.24) is 5.32 Å². The van der Waals surface area contributed by atoms with Crippen molar-refractivity contribution in [2.24, 2.45) is 0 Å². The molecular weight excluding hydrogens is 298 g/mol. The first-order valence-corrected chi connectivity index (χ1v) is 7.72. The molecule has 1 atom stereocenters. The Hall–Kier alpha value is -2.15. The number of carbonyl (C=O) groups excluding carboxylic acids is 1. The SMILES string of the molecule is CC(C)(C)OC(=O)C1CN(c2ccc([N+](=O)[O-])cc2)CCCN1. The van der Waals surface area contributed by atoms with Crippen molar-refractivity contribution in [3.8, 4) is 0 Å². The number of hydrogen-bond donors (Lipinski definition) is 1. The fraction of sp³-hybridized carbons (Fsp3) is 0.562. The van der Waals surface area contributed by atoms with E-state index in [1.54, 1.807) is 12.1 Å². The van der Waals surface area contributed by atoms with Gasteiger partial charge in [-0.05, 0) is 45.9 Å². The summed E-state index contributed by atoms with van der Waals surface area (Å²) in [6.45, 7) is 7.52. The van der Waals surface area contributed by atoms with Gasteiger partial charge >= 0.3 is 5.97 Å². The van der Waals surface area contributed by atoms with Crippen LogP contribution >= 0.6 is 0 Å². The summed E-state index contributed by atoms with van der Waals surface area (Å²) in [7, 11) is 0. The molecule has 1 aliphatic heterocycles. The Bertz CT molecular complexity index is 566. The van der Waals surface area contributed by atoms with Crippen molar-refractivity contribution in [2.45, 2.75) is 38.8 Å². The van der Waals surface area contributed by atoms with Gasteiger partial charge in [0.1, 0.15) is 11.6 Å². The van der Waals surface area contributed by atoms with Crippen LogP contribution < -0.4 is 10.2 Å². The normalized spacial score (nSPS) is 19.1. The quantitative estimate of drug-likeness (QED) is 0.521. The fourth-order valence-corrected chi connectivity index (χ4v) is 2.47. The lowest BCUT2D eigenvalue weighted by Gasteiger charge is -2.28. The molecule has 0 spiro atoms. The van der Waals surface area contributed by atoms with Crippen molar-refractivity contribution >= 4 is 17.3 Å². The number of ether oxygens (including phenoxy) is 1. The molecule has 0 amide bonds. The predicted octanol–water partition coefficient (Wildman–Crippen LogP) is 2.10. The number of rotatable bonds is 3. The van der Waals surface area contributed by atoms with E-state index < -0.39 is 16.6 Å². The molecule has 126 valence electrons. The third kappa shape index (κ3) is 4.92. The molecule has 7 nitrogen and oxygen atoms in total. The minimum absolute atomic E-state index is 0.0605. The van der Waals surface area contributed by atoms with Crippen LogP contribution in [0.2, 0.25) is 0 Å². The number of anilines is 1. The van der Waals surface area contributed by atoms with Crippen LogP contribution in [-0.2, 0) is 9.53 Å². The second kappa shape index (κ2) is 6.95. The molecule has 1 aliphatic rings. The number of esters is 1.